The van der Waals surface area contributed by atoms with Crippen molar-refractivity contribution >= 4 is 45.0 Å². The molecule has 0 atom stereocenters. The highest BCUT2D eigenvalue weighted by atomic mass is 79.9. The van der Waals surface area contributed by atoms with Crippen molar-refractivity contribution in [3.63, 3.8) is 0 Å². The lowest BCUT2D eigenvalue weighted by Crippen LogP contribution is -2.14. The van der Waals surface area contributed by atoms with E-state index in [4.69, 9.17) is 11.0 Å². The zero-order valence-electron chi connectivity index (χ0n) is 11.0. The van der Waals surface area contributed by atoms with Crippen molar-refractivity contribution in [3.8, 4) is 6.07 Å². The van der Waals surface area contributed by atoms with E-state index in [1.165, 1.54) is 11.8 Å². The smallest absolute Gasteiger partial charge is 0.234 e. The average molecular weight is 362 g/mol. The minimum absolute atomic E-state index is 0.161. The number of benzene rings is 2. The van der Waals surface area contributed by atoms with Gasteiger partial charge in [-0.3, -0.25) is 4.79 Å². The summed E-state index contributed by atoms with van der Waals surface area (Å²) >= 11 is 4.81. The fourth-order valence-corrected chi connectivity index (χ4v) is 3.11. The number of hydrogen-bond acceptors (Lipinski definition) is 4. The van der Waals surface area contributed by atoms with Gasteiger partial charge in [-0.05, 0) is 46.3 Å². The van der Waals surface area contributed by atoms with E-state index in [1.807, 2.05) is 12.1 Å². The van der Waals surface area contributed by atoms with E-state index in [0.29, 0.717) is 16.9 Å². The molecular weight excluding hydrogens is 350 g/mol. The fraction of sp³-hybridized carbons (Fsp3) is 0.0667. The Bertz CT molecular complexity index is 712. The van der Waals surface area contributed by atoms with Crippen LogP contribution >= 0.6 is 27.7 Å². The molecule has 0 saturated heterocycles. The predicted molar refractivity (Wildman–Crippen MR) is 89.1 cm³/mol. The Labute approximate surface area is 135 Å². The van der Waals surface area contributed by atoms with Crippen LogP contribution in [0.3, 0.4) is 0 Å². The molecule has 0 aliphatic heterocycles. The fourth-order valence-electron chi connectivity index (χ4n) is 1.65. The van der Waals surface area contributed by atoms with Gasteiger partial charge in [0, 0.05) is 15.1 Å². The highest BCUT2D eigenvalue weighted by Crippen LogP contribution is 2.29. The van der Waals surface area contributed by atoms with Gasteiger partial charge < -0.3 is 11.1 Å². The van der Waals surface area contributed by atoms with Crippen molar-refractivity contribution in [2.24, 2.45) is 0 Å². The van der Waals surface area contributed by atoms with Crippen LogP contribution in [0, 0.1) is 11.3 Å². The Hall–Kier alpha value is -1.97. The van der Waals surface area contributed by atoms with Crippen molar-refractivity contribution < 1.29 is 4.79 Å². The van der Waals surface area contributed by atoms with Crippen LogP contribution in [0.5, 0.6) is 0 Å². The first kappa shape index (κ1) is 15.4. The number of amides is 1. The van der Waals surface area contributed by atoms with E-state index >= 15 is 0 Å². The predicted octanol–water partition coefficient (Wildman–Crippen LogP) is 3.63. The lowest BCUT2D eigenvalue weighted by Gasteiger charge is -2.08. The molecule has 2 aromatic rings. The number of halogens is 1. The van der Waals surface area contributed by atoms with Crippen molar-refractivity contribution in [1.29, 1.82) is 5.26 Å². The Balaban J connectivity index is 1.98. The van der Waals surface area contributed by atoms with Crippen LogP contribution in [0.25, 0.3) is 0 Å². The third kappa shape index (κ3) is 4.25. The molecule has 0 fully saturated rings. The first-order chi connectivity index (χ1) is 10.1. The molecule has 0 heterocycles. The summed E-state index contributed by atoms with van der Waals surface area (Å²) in [5.41, 5.74) is 7.31. The van der Waals surface area contributed by atoms with Crippen molar-refractivity contribution in [1.82, 2.24) is 0 Å². The summed E-state index contributed by atoms with van der Waals surface area (Å²) in [6.07, 6.45) is 0. The van der Waals surface area contributed by atoms with Gasteiger partial charge in [0.1, 0.15) is 6.07 Å². The number of nitrogens with one attached hydrogen (secondary N) is 1. The van der Waals surface area contributed by atoms with E-state index in [9.17, 15) is 4.79 Å². The van der Waals surface area contributed by atoms with Gasteiger partial charge >= 0.3 is 0 Å². The summed E-state index contributed by atoms with van der Waals surface area (Å²) in [6, 6.07) is 14.4. The first-order valence-electron chi connectivity index (χ1n) is 6.07. The highest BCUT2D eigenvalue weighted by molar-refractivity contribution is 9.10. The summed E-state index contributed by atoms with van der Waals surface area (Å²) < 4.78 is 0.859. The molecule has 4 nitrogen and oxygen atoms in total. The van der Waals surface area contributed by atoms with Crippen LogP contribution < -0.4 is 11.1 Å². The van der Waals surface area contributed by atoms with E-state index in [2.05, 4.69) is 21.2 Å². The van der Waals surface area contributed by atoms with Crippen LogP contribution in [0.15, 0.2) is 51.8 Å². The normalized spacial score (nSPS) is 9.90. The number of para-hydroxylation sites is 1. The number of nitrogen functional groups attached to an aromatic ring is 1. The van der Waals surface area contributed by atoms with E-state index in [0.717, 1.165) is 9.37 Å². The van der Waals surface area contributed by atoms with E-state index in [-0.39, 0.29) is 11.7 Å². The molecule has 0 saturated carbocycles. The number of anilines is 2. The van der Waals surface area contributed by atoms with Gasteiger partial charge in [0.25, 0.3) is 0 Å². The largest absolute Gasteiger partial charge is 0.399 e. The third-order valence-corrected chi connectivity index (χ3v) is 4.63. The molecular formula is C15H12BrN3OS. The Morgan fingerprint density at radius 3 is 2.81 bits per heavy atom. The SMILES string of the molecule is N#Cc1ccccc1NC(=O)CSc1ccc(N)cc1Br. The van der Waals surface area contributed by atoms with Gasteiger partial charge in [-0.25, -0.2) is 0 Å². The summed E-state index contributed by atoms with van der Waals surface area (Å²) in [4.78, 5) is 12.9. The number of rotatable bonds is 4. The Morgan fingerprint density at radius 1 is 1.33 bits per heavy atom. The monoisotopic (exact) mass is 361 g/mol. The molecule has 0 unspecified atom stereocenters. The molecule has 1 amide bonds. The quantitative estimate of drug-likeness (QED) is 0.643. The van der Waals surface area contributed by atoms with Crippen molar-refractivity contribution in [3.05, 3.63) is 52.5 Å². The number of carbonyl (C=O) groups excluding carboxylic acids is 1. The molecule has 0 aliphatic rings. The summed E-state index contributed by atoms with van der Waals surface area (Å²) in [5, 5.41) is 11.7. The number of nitrogens with two attached hydrogens (primary N) is 1. The molecule has 0 aliphatic carbocycles. The minimum Gasteiger partial charge on any atom is -0.399 e. The first-order valence-corrected chi connectivity index (χ1v) is 7.85. The lowest BCUT2D eigenvalue weighted by molar-refractivity contribution is -0.113. The average Bonchev–Trinajstić information content (AvgIpc) is 2.47. The molecule has 0 radical (unpaired) electrons. The number of thioether (sulfide) groups is 1. The number of hydrogen-bond donors (Lipinski definition) is 2. The molecule has 2 rings (SSSR count). The van der Waals surface area contributed by atoms with Gasteiger partial charge in [0.05, 0.1) is 17.0 Å². The Kier molecular flexibility index (Phi) is 5.26. The second-order valence-electron chi connectivity index (χ2n) is 4.18. The molecule has 106 valence electrons. The van der Waals surface area contributed by atoms with Gasteiger partial charge in [-0.15, -0.1) is 11.8 Å². The Morgan fingerprint density at radius 2 is 2.10 bits per heavy atom. The maximum Gasteiger partial charge on any atom is 0.234 e. The number of carbonyl (C=O) groups is 1. The standard InChI is InChI=1S/C15H12BrN3OS/c16-12-7-11(18)5-6-14(12)21-9-15(20)19-13-4-2-1-3-10(13)8-17/h1-7H,9,18H2,(H,19,20). The maximum absolute atomic E-state index is 12.0. The van der Waals surface area contributed by atoms with Gasteiger partial charge in [-0.1, -0.05) is 12.1 Å². The van der Waals surface area contributed by atoms with Gasteiger partial charge in [-0.2, -0.15) is 5.26 Å². The number of nitriles is 1. The van der Waals surface area contributed by atoms with Crippen molar-refractivity contribution in [2.45, 2.75) is 4.90 Å². The zero-order chi connectivity index (χ0) is 15.2. The number of nitrogens with zero attached hydrogens (tertiary/aromatic N) is 1. The summed E-state index contributed by atoms with van der Waals surface area (Å²) in [7, 11) is 0. The molecule has 3 N–H and O–H groups in total. The second kappa shape index (κ2) is 7.16. The molecule has 0 spiro atoms. The zero-order valence-corrected chi connectivity index (χ0v) is 13.4. The summed E-state index contributed by atoms with van der Waals surface area (Å²) in [6.45, 7) is 0. The second-order valence-corrected chi connectivity index (χ2v) is 6.06. The molecule has 21 heavy (non-hydrogen) atoms. The van der Waals surface area contributed by atoms with Crippen LogP contribution in [0.1, 0.15) is 5.56 Å². The molecule has 0 bridgehead atoms. The topological polar surface area (TPSA) is 78.9 Å². The van der Waals surface area contributed by atoms with Gasteiger partial charge in [0.2, 0.25) is 5.91 Å². The van der Waals surface area contributed by atoms with E-state index in [1.54, 1.807) is 36.4 Å². The lowest BCUT2D eigenvalue weighted by atomic mass is 10.2. The molecule has 6 heteroatoms. The summed E-state index contributed by atoms with van der Waals surface area (Å²) in [5.74, 6) is 0.0915. The van der Waals surface area contributed by atoms with Crippen molar-refractivity contribution in [2.75, 3.05) is 16.8 Å². The van der Waals surface area contributed by atoms with Crippen LogP contribution in [0.4, 0.5) is 11.4 Å². The van der Waals surface area contributed by atoms with Crippen LogP contribution in [0.2, 0.25) is 0 Å². The molecule has 0 aromatic heterocycles. The van der Waals surface area contributed by atoms with Gasteiger partial charge in [0.15, 0.2) is 0 Å². The maximum atomic E-state index is 12.0. The highest BCUT2D eigenvalue weighted by Gasteiger charge is 2.08. The van der Waals surface area contributed by atoms with E-state index < -0.39 is 0 Å². The molecule has 2 aromatic carbocycles. The van der Waals surface area contributed by atoms with Crippen LogP contribution in [-0.4, -0.2) is 11.7 Å². The third-order valence-electron chi connectivity index (χ3n) is 2.64. The van der Waals surface area contributed by atoms with Crippen LogP contribution in [-0.2, 0) is 4.79 Å². The minimum atomic E-state index is -0.161.